The average Bonchev–Trinajstić information content (AvgIpc) is 2.45. The van der Waals surface area contributed by atoms with Gasteiger partial charge in [0.1, 0.15) is 5.75 Å². The van der Waals surface area contributed by atoms with Gasteiger partial charge in [-0.05, 0) is 24.5 Å². The number of nitrogens with one attached hydrogen (secondary N) is 2. The van der Waals surface area contributed by atoms with Crippen LogP contribution in [0, 0.1) is 0 Å². The van der Waals surface area contributed by atoms with Gasteiger partial charge in [-0.25, -0.2) is 0 Å². The topological polar surface area (TPSA) is 67.4 Å². The molecule has 104 valence electrons. The molecule has 0 unspecified atom stereocenters. The molecule has 0 aromatic heterocycles. The Balaban J connectivity index is 2.37. The Morgan fingerprint density at radius 1 is 1.11 bits per heavy atom. The Kier molecular flexibility index (Phi) is 6.43. The smallest absolute Gasteiger partial charge is 0.309 e. The Morgan fingerprint density at radius 3 is 2.37 bits per heavy atom. The highest BCUT2D eigenvalue weighted by molar-refractivity contribution is 6.35. The van der Waals surface area contributed by atoms with Gasteiger partial charge >= 0.3 is 11.8 Å². The number of hydrogen-bond acceptors (Lipinski definition) is 3. The van der Waals surface area contributed by atoms with Crippen molar-refractivity contribution in [3.05, 3.63) is 29.8 Å². The lowest BCUT2D eigenvalue weighted by molar-refractivity contribution is -0.139. The summed E-state index contributed by atoms with van der Waals surface area (Å²) in [5.41, 5.74) is 0.999. The van der Waals surface area contributed by atoms with Crippen LogP contribution in [-0.4, -0.2) is 32.0 Å². The van der Waals surface area contributed by atoms with Crippen molar-refractivity contribution in [2.24, 2.45) is 0 Å². The molecule has 0 saturated carbocycles. The molecule has 1 aromatic rings. The average molecular weight is 264 g/mol. The highest BCUT2D eigenvalue weighted by Crippen LogP contribution is 2.17. The van der Waals surface area contributed by atoms with Crippen LogP contribution in [0.2, 0.25) is 0 Å². The molecule has 0 fully saturated rings. The third kappa shape index (κ3) is 4.99. The molecule has 0 bridgehead atoms. The largest absolute Gasteiger partial charge is 0.496 e. The van der Waals surface area contributed by atoms with Crippen molar-refractivity contribution in [2.45, 2.75) is 19.8 Å². The summed E-state index contributed by atoms with van der Waals surface area (Å²) in [4.78, 5) is 22.8. The van der Waals surface area contributed by atoms with Gasteiger partial charge in [-0.2, -0.15) is 0 Å². The molecule has 0 radical (unpaired) electrons. The fourth-order valence-electron chi connectivity index (χ4n) is 1.62. The second-order valence-corrected chi connectivity index (χ2v) is 4.07. The monoisotopic (exact) mass is 264 g/mol. The highest BCUT2D eigenvalue weighted by atomic mass is 16.5. The molecule has 0 aliphatic carbocycles. The van der Waals surface area contributed by atoms with Crippen molar-refractivity contribution in [1.29, 1.82) is 0 Å². The first-order chi connectivity index (χ1) is 9.19. The lowest BCUT2D eigenvalue weighted by atomic mass is 10.1. The fourth-order valence-corrected chi connectivity index (χ4v) is 1.62. The molecule has 0 atom stereocenters. The number of para-hydroxylation sites is 1. The number of ether oxygens (including phenoxy) is 1. The van der Waals surface area contributed by atoms with E-state index in [1.54, 1.807) is 7.11 Å². The van der Waals surface area contributed by atoms with E-state index in [0.29, 0.717) is 19.5 Å². The van der Waals surface area contributed by atoms with Crippen LogP contribution in [0.15, 0.2) is 24.3 Å². The number of carbonyl (C=O) groups is 2. The van der Waals surface area contributed by atoms with Crippen molar-refractivity contribution in [3.63, 3.8) is 0 Å². The number of amides is 2. The molecule has 0 aliphatic heterocycles. The third-order valence-electron chi connectivity index (χ3n) is 2.61. The zero-order chi connectivity index (χ0) is 14.1. The maximum absolute atomic E-state index is 11.4. The summed E-state index contributed by atoms with van der Waals surface area (Å²) in [6.45, 7) is 2.84. The molecule has 0 heterocycles. The molecule has 0 aliphatic rings. The lowest BCUT2D eigenvalue weighted by Gasteiger charge is -2.09. The van der Waals surface area contributed by atoms with Gasteiger partial charge in [0.05, 0.1) is 7.11 Å². The molecule has 5 nitrogen and oxygen atoms in total. The van der Waals surface area contributed by atoms with Crippen LogP contribution in [-0.2, 0) is 16.0 Å². The summed E-state index contributed by atoms with van der Waals surface area (Å²) in [6.07, 6.45) is 1.43. The van der Waals surface area contributed by atoms with Crippen LogP contribution in [0.25, 0.3) is 0 Å². The third-order valence-corrected chi connectivity index (χ3v) is 2.61. The second-order valence-electron chi connectivity index (χ2n) is 4.07. The van der Waals surface area contributed by atoms with E-state index in [1.807, 2.05) is 31.2 Å². The molecule has 1 aromatic carbocycles. The lowest BCUT2D eigenvalue weighted by Crippen LogP contribution is -2.40. The maximum atomic E-state index is 11.4. The normalized spacial score (nSPS) is 9.79. The van der Waals surface area contributed by atoms with E-state index in [-0.39, 0.29) is 0 Å². The van der Waals surface area contributed by atoms with Crippen molar-refractivity contribution in [1.82, 2.24) is 10.6 Å². The fraction of sp³-hybridized carbons (Fsp3) is 0.429. The number of benzene rings is 1. The Bertz CT molecular complexity index is 432. The second kappa shape index (κ2) is 8.13. The zero-order valence-electron chi connectivity index (χ0n) is 11.4. The van der Waals surface area contributed by atoms with E-state index in [2.05, 4.69) is 10.6 Å². The van der Waals surface area contributed by atoms with Crippen LogP contribution in [0.1, 0.15) is 18.9 Å². The molecule has 0 spiro atoms. The molecule has 0 saturated heterocycles. The van der Waals surface area contributed by atoms with Gasteiger partial charge in [0.25, 0.3) is 0 Å². The van der Waals surface area contributed by atoms with Gasteiger partial charge < -0.3 is 15.4 Å². The van der Waals surface area contributed by atoms with E-state index in [9.17, 15) is 9.59 Å². The summed E-state index contributed by atoms with van der Waals surface area (Å²) >= 11 is 0. The van der Waals surface area contributed by atoms with E-state index in [4.69, 9.17) is 4.74 Å². The van der Waals surface area contributed by atoms with Crippen LogP contribution >= 0.6 is 0 Å². The number of carbonyl (C=O) groups excluding carboxylic acids is 2. The molecule has 1 rings (SSSR count). The first-order valence-electron chi connectivity index (χ1n) is 6.37. The molecule has 2 amide bonds. The SMILES string of the molecule is CCCNC(=O)C(=O)NCCc1ccccc1OC. The predicted octanol–water partition coefficient (Wildman–Crippen LogP) is 0.880. The highest BCUT2D eigenvalue weighted by Gasteiger charge is 2.11. The zero-order valence-corrected chi connectivity index (χ0v) is 11.4. The summed E-state index contributed by atoms with van der Waals surface area (Å²) < 4.78 is 5.21. The first-order valence-corrected chi connectivity index (χ1v) is 6.37. The van der Waals surface area contributed by atoms with Gasteiger partial charge in [-0.1, -0.05) is 25.1 Å². The van der Waals surface area contributed by atoms with Crippen molar-refractivity contribution >= 4 is 11.8 Å². The van der Waals surface area contributed by atoms with Crippen LogP contribution in [0.4, 0.5) is 0 Å². The number of hydrogen-bond donors (Lipinski definition) is 2. The van der Waals surface area contributed by atoms with Crippen LogP contribution in [0.3, 0.4) is 0 Å². The minimum atomic E-state index is -0.594. The molecular formula is C14H20N2O3. The van der Waals surface area contributed by atoms with Crippen molar-refractivity contribution in [2.75, 3.05) is 20.2 Å². The first kappa shape index (κ1) is 15.0. The predicted molar refractivity (Wildman–Crippen MR) is 73.0 cm³/mol. The summed E-state index contributed by atoms with van der Waals surface area (Å²) in [5.74, 6) is -0.391. The standard InChI is InChI=1S/C14H20N2O3/c1-3-9-15-13(17)14(18)16-10-8-11-6-4-5-7-12(11)19-2/h4-7H,3,8-10H2,1-2H3,(H,15,17)(H,16,18). The quantitative estimate of drug-likeness (QED) is 0.750. The maximum Gasteiger partial charge on any atom is 0.309 e. The minimum absolute atomic E-state index is 0.402. The van der Waals surface area contributed by atoms with Crippen molar-refractivity contribution < 1.29 is 14.3 Å². The van der Waals surface area contributed by atoms with Gasteiger partial charge in [0.2, 0.25) is 0 Å². The van der Waals surface area contributed by atoms with Crippen molar-refractivity contribution in [3.8, 4) is 5.75 Å². The number of methoxy groups -OCH3 is 1. The summed E-state index contributed by atoms with van der Waals surface area (Å²) in [6, 6.07) is 7.60. The Morgan fingerprint density at radius 2 is 1.74 bits per heavy atom. The minimum Gasteiger partial charge on any atom is -0.496 e. The number of rotatable bonds is 6. The van der Waals surface area contributed by atoms with E-state index >= 15 is 0 Å². The van der Waals surface area contributed by atoms with Crippen LogP contribution in [0.5, 0.6) is 5.75 Å². The van der Waals surface area contributed by atoms with E-state index < -0.39 is 11.8 Å². The molecule has 19 heavy (non-hydrogen) atoms. The molecule has 2 N–H and O–H groups in total. The summed E-state index contributed by atoms with van der Waals surface area (Å²) in [5, 5.41) is 5.11. The van der Waals surface area contributed by atoms with Gasteiger partial charge in [0, 0.05) is 13.1 Å². The molecular weight excluding hydrogens is 244 g/mol. The molecule has 5 heteroatoms. The van der Waals surface area contributed by atoms with E-state index in [0.717, 1.165) is 17.7 Å². The summed E-state index contributed by atoms with van der Waals surface area (Å²) in [7, 11) is 1.61. The van der Waals surface area contributed by atoms with E-state index in [1.165, 1.54) is 0 Å². The van der Waals surface area contributed by atoms with Gasteiger partial charge in [-0.15, -0.1) is 0 Å². The Hall–Kier alpha value is -2.04. The van der Waals surface area contributed by atoms with Gasteiger partial charge in [0.15, 0.2) is 0 Å². The van der Waals surface area contributed by atoms with Crippen LogP contribution < -0.4 is 15.4 Å². The van der Waals surface area contributed by atoms with Gasteiger partial charge in [-0.3, -0.25) is 9.59 Å². The Labute approximate surface area is 113 Å².